The van der Waals surface area contributed by atoms with Crippen molar-refractivity contribution < 1.29 is 0 Å². The van der Waals surface area contributed by atoms with Crippen molar-refractivity contribution in [2.24, 2.45) is 0 Å². The van der Waals surface area contributed by atoms with Crippen LogP contribution in [0.5, 0.6) is 0 Å². The van der Waals surface area contributed by atoms with Gasteiger partial charge in [-0.15, -0.1) is 0 Å². The number of benzene rings is 3. The molecule has 0 saturated heterocycles. The van der Waals surface area contributed by atoms with Crippen LogP contribution in [0.3, 0.4) is 0 Å². The predicted molar refractivity (Wildman–Crippen MR) is 120 cm³/mol. The first-order valence-corrected chi connectivity index (χ1v) is 10.4. The first kappa shape index (κ1) is 19.1. The van der Waals surface area contributed by atoms with E-state index < -0.39 is 0 Å². The zero-order valence-corrected chi connectivity index (χ0v) is 17.3. The van der Waals surface area contributed by atoms with Crippen molar-refractivity contribution >= 4 is 22.6 Å². The Morgan fingerprint density at radius 2 is 0.885 bits per heavy atom. The van der Waals surface area contributed by atoms with E-state index in [0.29, 0.717) is 0 Å². The van der Waals surface area contributed by atoms with Crippen molar-refractivity contribution in [3.63, 3.8) is 0 Å². The molecule has 0 radical (unpaired) electrons. The minimum absolute atomic E-state index is 1.11. The molecule has 134 valence electrons. The molecule has 3 aromatic rings. The summed E-state index contributed by atoms with van der Waals surface area (Å²) in [7, 11) is 0. The topological polar surface area (TPSA) is 3.24 Å². The number of hydrogen-bond donors (Lipinski definition) is 0. The van der Waals surface area contributed by atoms with Gasteiger partial charge < -0.3 is 4.90 Å². The molecule has 0 saturated carbocycles. The monoisotopic (exact) mass is 455 g/mol. The summed E-state index contributed by atoms with van der Waals surface area (Å²) in [6.45, 7) is 3.34. The zero-order valence-electron chi connectivity index (χ0n) is 15.2. The van der Waals surface area contributed by atoms with Gasteiger partial charge in [0.2, 0.25) is 0 Å². The van der Waals surface area contributed by atoms with Crippen LogP contribution in [-0.2, 0) is 19.3 Å². The van der Waals surface area contributed by atoms with Gasteiger partial charge in [-0.05, 0) is 70.7 Å². The summed E-state index contributed by atoms with van der Waals surface area (Å²) >= 11 is 2.37. The Balaban J connectivity index is 1.57. The number of hydrogen-bond acceptors (Lipinski definition) is 1. The van der Waals surface area contributed by atoms with Crippen LogP contribution >= 0.6 is 22.6 Å². The van der Waals surface area contributed by atoms with E-state index >= 15 is 0 Å². The summed E-state index contributed by atoms with van der Waals surface area (Å²) in [5.74, 6) is 0. The van der Waals surface area contributed by atoms with Crippen LogP contribution in [0.2, 0.25) is 0 Å². The first-order valence-electron chi connectivity index (χ1n) is 9.34. The molecule has 0 aliphatic heterocycles. The molecule has 0 bridgehead atoms. The summed E-state index contributed by atoms with van der Waals surface area (Å²) in [6, 6.07) is 30.6. The lowest BCUT2D eigenvalue weighted by Crippen LogP contribution is -2.30. The van der Waals surface area contributed by atoms with Crippen molar-refractivity contribution in [3.05, 3.63) is 105 Å². The van der Waals surface area contributed by atoms with Crippen LogP contribution < -0.4 is 0 Å². The van der Waals surface area contributed by atoms with Gasteiger partial charge in [-0.3, -0.25) is 0 Å². The molecule has 0 aliphatic rings. The summed E-state index contributed by atoms with van der Waals surface area (Å²) < 4.78 is 1.30. The molecule has 3 aromatic carbocycles. The smallest absolute Gasteiger partial charge is 0.0130 e. The average Bonchev–Trinajstić information content (AvgIpc) is 2.70. The second-order valence-electron chi connectivity index (χ2n) is 6.69. The van der Waals surface area contributed by atoms with Crippen molar-refractivity contribution in [1.29, 1.82) is 0 Å². The van der Waals surface area contributed by atoms with Crippen LogP contribution in [0.4, 0.5) is 0 Å². The molecular weight excluding hydrogens is 429 g/mol. The molecule has 0 amide bonds. The molecular formula is C24H26IN. The second kappa shape index (κ2) is 10.5. The Labute approximate surface area is 171 Å². The van der Waals surface area contributed by atoms with E-state index in [4.69, 9.17) is 0 Å². The molecule has 0 heterocycles. The maximum atomic E-state index is 2.61. The van der Waals surface area contributed by atoms with Crippen molar-refractivity contribution in [3.8, 4) is 0 Å². The SMILES string of the molecule is Ic1ccc(CCN(CCc2ccccc2)CCc2ccccc2)cc1. The third kappa shape index (κ3) is 6.58. The van der Waals surface area contributed by atoms with E-state index in [2.05, 4.69) is 112 Å². The highest BCUT2D eigenvalue weighted by atomic mass is 127. The molecule has 0 fully saturated rings. The Kier molecular flexibility index (Phi) is 7.71. The van der Waals surface area contributed by atoms with E-state index in [1.807, 2.05) is 0 Å². The highest BCUT2D eigenvalue weighted by molar-refractivity contribution is 14.1. The van der Waals surface area contributed by atoms with E-state index in [9.17, 15) is 0 Å². The molecule has 0 unspecified atom stereocenters. The van der Waals surface area contributed by atoms with E-state index in [1.165, 1.54) is 20.3 Å². The molecule has 1 nitrogen and oxygen atoms in total. The lowest BCUT2D eigenvalue weighted by atomic mass is 10.1. The van der Waals surface area contributed by atoms with Crippen LogP contribution in [0.25, 0.3) is 0 Å². The molecule has 0 spiro atoms. The summed E-state index contributed by atoms with van der Waals surface area (Å²) in [5, 5.41) is 0. The van der Waals surface area contributed by atoms with Gasteiger partial charge >= 0.3 is 0 Å². The van der Waals surface area contributed by atoms with Crippen LogP contribution in [0.1, 0.15) is 16.7 Å². The zero-order chi connectivity index (χ0) is 18.0. The van der Waals surface area contributed by atoms with Gasteiger partial charge in [0.25, 0.3) is 0 Å². The Morgan fingerprint density at radius 1 is 0.500 bits per heavy atom. The van der Waals surface area contributed by atoms with Gasteiger partial charge in [0.05, 0.1) is 0 Å². The maximum Gasteiger partial charge on any atom is 0.0130 e. The van der Waals surface area contributed by atoms with Crippen molar-refractivity contribution in [1.82, 2.24) is 4.90 Å². The number of rotatable bonds is 9. The molecule has 0 atom stereocenters. The fourth-order valence-corrected chi connectivity index (χ4v) is 3.50. The predicted octanol–water partition coefficient (Wildman–Crippen LogP) is 5.62. The fourth-order valence-electron chi connectivity index (χ4n) is 3.14. The van der Waals surface area contributed by atoms with Crippen LogP contribution in [0, 0.1) is 3.57 Å². The Hall–Kier alpha value is -1.65. The first-order chi connectivity index (χ1) is 12.8. The summed E-state index contributed by atoms with van der Waals surface area (Å²) in [6.07, 6.45) is 3.34. The molecule has 0 aliphatic carbocycles. The molecule has 0 aromatic heterocycles. The molecule has 3 rings (SSSR count). The normalized spacial score (nSPS) is 11.0. The van der Waals surface area contributed by atoms with Gasteiger partial charge in [0, 0.05) is 23.2 Å². The lowest BCUT2D eigenvalue weighted by molar-refractivity contribution is 0.284. The quantitative estimate of drug-likeness (QED) is 0.379. The van der Waals surface area contributed by atoms with Gasteiger partial charge in [-0.25, -0.2) is 0 Å². The van der Waals surface area contributed by atoms with E-state index in [1.54, 1.807) is 0 Å². The van der Waals surface area contributed by atoms with Crippen LogP contribution in [0.15, 0.2) is 84.9 Å². The Bertz CT molecular complexity index is 710. The third-order valence-electron chi connectivity index (χ3n) is 4.75. The summed E-state index contributed by atoms with van der Waals surface area (Å²) in [4.78, 5) is 2.61. The maximum absolute atomic E-state index is 2.61. The third-order valence-corrected chi connectivity index (χ3v) is 5.47. The van der Waals surface area contributed by atoms with Gasteiger partial charge in [-0.1, -0.05) is 72.8 Å². The van der Waals surface area contributed by atoms with E-state index in [-0.39, 0.29) is 0 Å². The van der Waals surface area contributed by atoms with Crippen molar-refractivity contribution in [2.45, 2.75) is 19.3 Å². The summed E-state index contributed by atoms with van der Waals surface area (Å²) in [5.41, 5.74) is 4.27. The number of nitrogens with zero attached hydrogens (tertiary/aromatic N) is 1. The minimum Gasteiger partial charge on any atom is -0.302 e. The van der Waals surface area contributed by atoms with E-state index in [0.717, 1.165) is 38.9 Å². The van der Waals surface area contributed by atoms with Crippen molar-refractivity contribution in [2.75, 3.05) is 19.6 Å². The highest BCUT2D eigenvalue weighted by Gasteiger charge is 2.07. The molecule has 26 heavy (non-hydrogen) atoms. The largest absolute Gasteiger partial charge is 0.302 e. The fraction of sp³-hybridized carbons (Fsp3) is 0.250. The average molecular weight is 455 g/mol. The second-order valence-corrected chi connectivity index (χ2v) is 7.93. The number of halogens is 1. The molecule has 2 heteroatoms. The van der Waals surface area contributed by atoms with Gasteiger partial charge in [0.1, 0.15) is 0 Å². The standard InChI is InChI=1S/C24H26IN/c25-24-13-11-23(12-14-24)17-20-26(18-15-21-7-3-1-4-8-21)19-16-22-9-5-2-6-10-22/h1-14H,15-20H2. The van der Waals surface area contributed by atoms with Crippen LogP contribution in [-0.4, -0.2) is 24.5 Å². The van der Waals surface area contributed by atoms with Gasteiger partial charge in [0.15, 0.2) is 0 Å². The minimum atomic E-state index is 1.11. The lowest BCUT2D eigenvalue weighted by Gasteiger charge is -2.22. The molecule has 0 N–H and O–H groups in total. The van der Waals surface area contributed by atoms with Gasteiger partial charge in [-0.2, -0.15) is 0 Å². The highest BCUT2D eigenvalue weighted by Crippen LogP contribution is 2.10. The Morgan fingerprint density at radius 3 is 1.31 bits per heavy atom.